The predicted molar refractivity (Wildman–Crippen MR) is 110 cm³/mol. The Balaban J connectivity index is 1.73. The Morgan fingerprint density at radius 1 is 1.17 bits per heavy atom. The van der Waals surface area contributed by atoms with E-state index >= 15 is 0 Å². The van der Waals surface area contributed by atoms with Crippen molar-refractivity contribution in [3.8, 4) is 0 Å². The summed E-state index contributed by atoms with van der Waals surface area (Å²) >= 11 is 0. The summed E-state index contributed by atoms with van der Waals surface area (Å²) in [6.45, 7) is 2.05. The molecule has 154 valence electrons. The second kappa shape index (κ2) is 9.38. The Kier molecular flexibility index (Phi) is 6.66. The number of cyclic esters (lactones) is 1. The molecule has 1 aliphatic rings. The summed E-state index contributed by atoms with van der Waals surface area (Å²) in [6, 6.07) is 13.1. The minimum atomic E-state index is -0.402. The van der Waals surface area contributed by atoms with Crippen LogP contribution in [0.4, 0.5) is 25.4 Å². The molecule has 7 nitrogen and oxygen atoms in total. The minimum absolute atomic E-state index is 0.157. The molecule has 8 heteroatoms. The van der Waals surface area contributed by atoms with Gasteiger partial charge in [-0.2, -0.15) is 0 Å². The standard InChI is InChI=1S/C21H25FN4O3/c1-24(2)10-11-25(15-16-6-3-4-9-19(16)22)20(27)23-17-7-5-8-18(14-17)26-12-13-29-21(26)28/h3-9,14H,10-13,15H2,1-2H3,(H,23,27). The molecule has 0 saturated carbocycles. The van der Waals surface area contributed by atoms with Gasteiger partial charge in [-0.3, -0.25) is 4.90 Å². The van der Waals surface area contributed by atoms with E-state index in [2.05, 4.69) is 5.32 Å². The molecule has 1 saturated heterocycles. The number of carbonyl (C=O) groups is 2. The number of carbonyl (C=O) groups excluding carboxylic acids is 2. The van der Waals surface area contributed by atoms with Crippen molar-refractivity contribution in [3.05, 3.63) is 59.9 Å². The molecule has 3 rings (SSSR count). The smallest absolute Gasteiger partial charge is 0.414 e. The molecule has 1 N–H and O–H groups in total. The highest BCUT2D eigenvalue weighted by molar-refractivity contribution is 5.93. The lowest BCUT2D eigenvalue weighted by atomic mass is 10.2. The quantitative estimate of drug-likeness (QED) is 0.774. The van der Waals surface area contributed by atoms with Crippen LogP contribution in [0.5, 0.6) is 0 Å². The van der Waals surface area contributed by atoms with Crippen molar-refractivity contribution in [2.75, 3.05) is 50.6 Å². The number of hydrogen-bond acceptors (Lipinski definition) is 4. The highest BCUT2D eigenvalue weighted by atomic mass is 19.1. The Labute approximate surface area is 169 Å². The van der Waals surface area contributed by atoms with Gasteiger partial charge in [0.2, 0.25) is 0 Å². The number of rotatable bonds is 7. The van der Waals surface area contributed by atoms with E-state index in [0.717, 1.165) is 0 Å². The average Bonchev–Trinajstić information content (AvgIpc) is 3.12. The maximum absolute atomic E-state index is 14.1. The molecule has 0 unspecified atom stereocenters. The van der Waals surface area contributed by atoms with E-state index in [1.165, 1.54) is 11.0 Å². The third-order valence-electron chi connectivity index (χ3n) is 4.59. The number of anilines is 2. The monoisotopic (exact) mass is 400 g/mol. The molecule has 1 heterocycles. The van der Waals surface area contributed by atoms with Gasteiger partial charge < -0.3 is 19.9 Å². The first-order chi connectivity index (χ1) is 13.9. The molecule has 0 aromatic heterocycles. The van der Waals surface area contributed by atoms with Crippen LogP contribution in [0.2, 0.25) is 0 Å². The zero-order valence-electron chi connectivity index (χ0n) is 16.6. The summed E-state index contributed by atoms with van der Waals surface area (Å²) in [7, 11) is 3.83. The Hall–Kier alpha value is -3.13. The number of benzene rings is 2. The van der Waals surface area contributed by atoms with E-state index < -0.39 is 6.09 Å². The minimum Gasteiger partial charge on any atom is -0.447 e. The highest BCUT2D eigenvalue weighted by Gasteiger charge is 2.24. The van der Waals surface area contributed by atoms with E-state index in [1.807, 2.05) is 19.0 Å². The summed E-state index contributed by atoms with van der Waals surface area (Å²) in [6.07, 6.45) is -0.402. The van der Waals surface area contributed by atoms with Gasteiger partial charge in [0.25, 0.3) is 0 Å². The van der Waals surface area contributed by atoms with Gasteiger partial charge >= 0.3 is 12.1 Å². The van der Waals surface area contributed by atoms with Gasteiger partial charge in [-0.25, -0.2) is 14.0 Å². The molecule has 0 bridgehead atoms. The fourth-order valence-electron chi connectivity index (χ4n) is 2.99. The van der Waals surface area contributed by atoms with Gasteiger partial charge in [-0.15, -0.1) is 0 Å². The second-order valence-corrected chi connectivity index (χ2v) is 7.06. The number of hydrogen-bond donors (Lipinski definition) is 1. The zero-order valence-corrected chi connectivity index (χ0v) is 16.6. The summed E-state index contributed by atoms with van der Waals surface area (Å²) in [4.78, 5) is 29.7. The highest BCUT2D eigenvalue weighted by Crippen LogP contribution is 2.23. The summed E-state index contributed by atoms with van der Waals surface area (Å²) in [5.41, 5.74) is 1.66. The van der Waals surface area contributed by atoms with Gasteiger partial charge in [0, 0.05) is 30.0 Å². The Morgan fingerprint density at radius 3 is 2.66 bits per heavy atom. The number of urea groups is 1. The van der Waals surface area contributed by atoms with Gasteiger partial charge in [0.1, 0.15) is 12.4 Å². The van der Waals surface area contributed by atoms with Crippen molar-refractivity contribution in [1.29, 1.82) is 0 Å². The van der Waals surface area contributed by atoms with Gasteiger partial charge in [-0.1, -0.05) is 24.3 Å². The largest absolute Gasteiger partial charge is 0.447 e. The molecular weight excluding hydrogens is 375 g/mol. The van der Waals surface area contributed by atoms with E-state index in [4.69, 9.17) is 4.74 Å². The van der Waals surface area contributed by atoms with Gasteiger partial charge in [0.05, 0.1) is 13.1 Å². The molecule has 3 amide bonds. The lowest BCUT2D eigenvalue weighted by molar-refractivity contribution is 0.181. The number of halogens is 1. The van der Waals surface area contributed by atoms with Crippen LogP contribution in [0, 0.1) is 5.82 Å². The van der Waals surface area contributed by atoms with Crippen LogP contribution >= 0.6 is 0 Å². The summed E-state index contributed by atoms with van der Waals surface area (Å²) < 4.78 is 19.0. The van der Waals surface area contributed by atoms with Gasteiger partial charge in [0.15, 0.2) is 0 Å². The summed E-state index contributed by atoms with van der Waals surface area (Å²) in [5, 5.41) is 2.85. The van der Waals surface area contributed by atoms with E-state index in [-0.39, 0.29) is 18.4 Å². The van der Waals surface area contributed by atoms with Crippen LogP contribution in [0.1, 0.15) is 5.56 Å². The third kappa shape index (κ3) is 5.45. The Bertz CT molecular complexity index is 875. The molecule has 0 radical (unpaired) electrons. The van der Waals surface area contributed by atoms with Crippen molar-refractivity contribution in [3.63, 3.8) is 0 Å². The maximum Gasteiger partial charge on any atom is 0.414 e. The van der Waals surface area contributed by atoms with Crippen LogP contribution in [0.25, 0.3) is 0 Å². The molecule has 1 fully saturated rings. The number of nitrogens with zero attached hydrogens (tertiary/aromatic N) is 3. The molecule has 1 aliphatic heterocycles. The first kappa shape index (κ1) is 20.6. The third-order valence-corrected chi connectivity index (χ3v) is 4.59. The number of ether oxygens (including phenoxy) is 1. The van der Waals surface area contributed by atoms with Crippen molar-refractivity contribution < 1.29 is 18.7 Å². The molecular formula is C21H25FN4O3. The SMILES string of the molecule is CN(C)CCN(Cc1ccccc1F)C(=O)Nc1cccc(N2CCOC2=O)c1. The summed E-state index contributed by atoms with van der Waals surface area (Å²) in [5.74, 6) is -0.343. The van der Waals surface area contributed by atoms with Crippen LogP contribution in [-0.2, 0) is 11.3 Å². The van der Waals surface area contributed by atoms with Gasteiger partial charge in [-0.05, 0) is 38.4 Å². The van der Waals surface area contributed by atoms with Crippen LogP contribution in [0.3, 0.4) is 0 Å². The Morgan fingerprint density at radius 2 is 1.97 bits per heavy atom. The van der Waals surface area contributed by atoms with Crippen molar-refractivity contribution in [1.82, 2.24) is 9.80 Å². The fraction of sp³-hybridized carbons (Fsp3) is 0.333. The average molecular weight is 400 g/mol. The molecule has 0 spiro atoms. The van der Waals surface area contributed by atoms with Crippen LogP contribution in [-0.4, -0.2) is 62.3 Å². The normalized spacial score (nSPS) is 13.5. The van der Waals surface area contributed by atoms with Crippen LogP contribution < -0.4 is 10.2 Å². The molecule has 0 atom stereocenters. The van der Waals surface area contributed by atoms with E-state index in [0.29, 0.717) is 43.2 Å². The second-order valence-electron chi connectivity index (χ2n) is 7.06. The number of nitrogens with one attached hydrogen (secondary N) is 1. The number of likely N-dealkylation sites (N-methyl/N-ethyl adjacent to an activating group) is 1. The van der Waals surface area contributed by atoms with Crippen molar-refractivity contribution in [2.24, 2.45) is 0 Å². The molecule has 2 aromatic carbocycles. The molecule has 29 heavy (non-hydrogen) atoms. The first-order valence-electron chi connectivity index (χ1n) is 9.42. The van der Waals surface area contributed by atoms with E-state index in [1.54, 1.807) is 47.4 Å². The molecule has 2 aromatic rings. The topological polar surface area (TPSA) is 65.1 Å². The zero-order chi connectivity index (χ0) is 20.8. The number of amides is 3. The van der Waals surface area contributed by atoms with E-state index in [9.17, 15) is 14.0 Å². The lowest BCUT2D eigenvalue weighted by Crippen LogP contribution is -2.39. The lowest BCUT2D eigenvalue weighted by Gasteiger charge is -2.25. The molecule has 0 aliphatic carbocycles. The fourth-order valence-corrected chi connectivity index (χ4v) is 2.99. The first-order valence-corrected chi connectivity index (χ1v) is 9.42. The van der Waals surface area contributed by atoms with Crippen LogP contribution in [0.15, 0.2) is 48.5 Å². The van der Waals surface area contributed by atoms with Crippen molar-refractivity contribution in [2.45, 2.75) is 6.54 Å². The van der Waals surface area contributed by atoms with Crippen molar-refractivity contribution >= 4 is 23.5 Å². The maximum atomic E-state index is 14.1. The predicted octanol–water partition coefficient (Wildman–Crippen LogP) is 3.38.